The van der Waals surface area contributed by atoms with Crippen LogP contribution in [0, 0.1) is 0 Å². The Kier molecular flexibility index (Phi) is 4.93. The van der Waals surface area contributed by atoms with E-state index in [1.807, 2.05) is 18.2 Å². The summed E-state index contributed by atoms with van der Waals surface area (Å²) < 4.78 is 0. The maximum atomic E-state index is 11.9. The number of nitrogens with one attached hydrogen (secondary N) is 1. The highest BCUT2D eigenvalue weighted by molar-refractivity contribution is 6.33. The van der Waals surface area contributed by atoms with Crippen molar-refractivity contribution in [3.63, 3.8) is 0 Å². The van der Waals surface area contributed by atoms with Crippen LogP contribution in [0.3, 0.4) is 0 Å². The number of benzene rings is 1. The SMILES string of the molecule is O=C(NCCCc1ccccc1)c1ccncc1Cl. The van der Waals surface area contributed by atoms with Crippen LogP contribution in [0.4, 0.5) is 0 Å². The Morgan fingerprint density at radius 2 is 2.00 bits per heavy atom. The highest BCUT2D eigenvalue weighted by Crippen LogP contribution is 2.12. The van der Waals surface area contributed by atoms with E-state index in [0.29, 0.717) is 17.1 Å². The summed E-state index contributed by atoms with van der Waals surface area (Å²) in [4.78, 5) is 15.7. The van der Waals surface area contributed by atoms with E-state index >= 15 is 0 Å². The fourth-order valence-electron chi connectivity index (χ4n) is 1.79. The molecule has 1 amide bonds. The van der Waals surface area contributed by atoms with Gasteiger partial charge in [0.2, 0.25) is 0 Å². The number of hydrogen-bond acceptors (Lipinski definition) is 2. The predicted octanol–water partition coefficient (Wildman–Crippen LogP) is 3.10. The lowest BCUT2D eigenvalue weighted by Crippen LogP contribution is -2.25. The molecule has 0 saturated heterocycles. The largest absolute Gasteiger partial charge is 0.352 e. The van der Waals surface area contributed by atoms with Gasteiger partial charge in [-0.3, -0.25) is 9.78 Å². The fourth-order valence-corrected chi connectivity index (χ4v) is 2.00. The van der Waals surface area contributed by atoms with E-state index in [2.05, 4.69) is 22.4 Å². The van der Waals surface area contributed by atoms with E-state index in [-0.39, 0.29) is 5.91 Å². The van der Waals surface area contributed by atoms with Crippen LogP contribution in [0.5, 0.6) is 0 Å². The number of nitrogens with zero attached hydrogens (tertiary/aromatic N) is 1. The normalized spacial score (nSPS) is 10.2. The molecule has 0 bridgehead atoms. The Morgan fingerprint density at radius 3 is 2.74 bits per heavy atom. The molecule has 1 N–H and O–H groups in total. The molecule has 1 aromatic carbocycles. The third-order valence-electron chi connectivity index (χ3n) is 2.79. The molecule has 1 aromatic heterocycles. The number of carbonyl (C=O) groups excluding carboxylic acids is 1. The lowest BCUT2D eigenvalue weighted by Gasteiger charge is -2.06. The van der Waals surface area contributed by atoms with Crippen molar-refractivity contribution in [3.05, 3.63) is 64.9 Å². The Hall–Kier alpha value is -1.87. The van der Waals surface area contributed by atoms with Crippen LogP contribution in [0.1, 0.15) is 22.3 Å². The van der Waals surface area contributed by atoms with Gasteiger partial charge in [0.05, 0.1) is 10.6 Å². The highest BCUT2D eigenvalue weighted by Gasteiger charge is 2.08. The van der Waals surface area contributed by atoms with Crippen LogP contribution in [-0.2, 0) is 6.42 Å². The van der Waals surface area contributed by atoms with Gasteiger partial charge in [-0.05, 0) is 24.5 Å². The number of rotatable bonds is 5. The zero-order chi connectivity index (χ0) is 13.5. The van der Waals surface area contributed by atoms with Gasteiger partial charge in [0.25, 0.3) is 5.91 Å². The molecule has 2 rings (SSSR count). The minimum absolute atomic E-state index is 0.152. The summed E-state index contributed by atoms with van der Waals surface area (Å²) >= 11 is 5.90. The summed E-state index contributed by atoms with van der Waals surface area (Å²) in [6, 6.07) is 11.8. The summed E-state index contributed by atoms with van der Waals surface area (Å²) in [5.41, 5.74) is 1.75. The maximum Gasteiger partial charge on any atom is 0.252 e. The second kappa shape index (κ2) is 6.90. The molecular weight excluding hydrogens is 260 g/mol. The summed E-state index contributed by atoms with van der Waals surface area (Å²) in [6.45, 7) is 0.631. The Morgan fingerprint density at radius 1 is 1.21 bits per heavy atom. The van der Waals surface area contributed by atoms with Crippen LogP contribution < -0.4 is 5.32 Å². The standard InChI is InChI=1S/C15H15ClN2O/c16-14-11-17-10-8-13(14)15(19)18-9-4-7-12-5-2-1-3-6-12/h1-3,5-6,8,10-11H,4,7,9H2,(H,18,19). The minimum atomic E-state index is -0.152. The van der Waals surface area contributed by atoms with Gasteiger partial charge in [0, 0.05) is 18.9 Å². The number of aryl methyl sites for hydroxylation is 1. The first-order valence-electron chi connectivity index (χ1n) is 6.19. The molecule has 19 heavy (non-hydrogen) atoms. The van der Waals surface area contributed by atoms with Crippen molar-refractivity contribution in [2.24, 2.45) is 0 Å². The van der Waals surface area contributed by atoms with Crippen molar-refractivity contribution < 1.29 is 4.79 Å². The van der Waals surface area contributed by atoms with Crippen molar-refractivity contribution in [2.45, 2.75) is 12.8 Å². The minimum Gasteiger partial charge on any atom is -0.352 e. The Labute approximate surface area is 117 Å². The molecule has 0 unspecified atom stereocenters. The van der Waals surface area contributed by atoms with Crippen molar-refractivity contribution in [3.8, 4) is 0 Å². The van der Waals surface area contributed by atoms with Gasteiger partial charge in [0.15, 0.2) is 0 Å². The van der Waals surface area contributed by atoms with E-state index in [1.54, 1.807) is 12.3 Å². The average Bonchev–Trinajstić information content (AvgIpc) is 2.45. The Bertz CT molecular complexity index is 543. The van der Waals surface area contributed by atoms with Crippen LogP contribution >= 0.6 is 11.6 Å². The maximum absolute atomic E-state index is 11.9. The van der Waals surface area contributed by atoms with Gasteiger partial charge in [-0.1, -0.05) is 41.9 Å². The van der Waals surface area contributed by atoms with E-state index in [1.165, 1.54) is 11.8 Å². The van der Waals surface area contributed by atoms with Crippen LogP contribution in [0.15, 0.2) is 48.8 Å². The van der Waals surface area contributed by atoms with Gasteiger partial charge in [-0.15, -0.1) is 0 Å². The van der Waals surface area contributed by atoms with Crippen LogP contribution in [-0.4, -0.2) is 17.4 Å². The van der Waals surface area contributed by atoms with Crippen molar-refractivity contribution in [1.29, 1.82) is 0 Å². The first-order chi connectivity index (χ1) is 9.27. The molecule has 3 nitrogen and oxygen atoms in total. The van der Waals surface area contributed by atoms with Gasteiger partial charge in [0.1, 0.15) is 0 Å². The van der Waals surface area contributed by atoms with E-state index in [0.717, 1.165) is 12.8 Å². The molecule has 0 aliphatic carbocycles. The van der Waals surface area contributed by atoms with Crippen LogP contribution in [0.2, 0.25) is 5.02 Å². The summed E-state index contributed by atoms with van der Waals surface area (Å²) in [5, 5.41) is 3.24. The molecule has 2 aromatic rings. The molecule has 0 saturated carbocycles. The zero-order valence-corrected chi connectivity index (χ0v) is 11.2. The lowest BCUT2D eigenvalue weighted by molar-refractivity contribution is 0.0953. The zero-order valence-electron chi connectivity index (χ0n) is 10.5. The van der Waals surface area contributed by atoms with Crippen molar-refractivity contribution >= 4 is 17.5 Å². The molecule has 0 aliphatic rings. The number of amides is 1. The summed E-state index contributed by atoms with van der Waals surface area (Å²) in [5.74, 6) is -0.152. The van der Waals surface area contributed by atoms with Gasteiger partial charge >= 0.3 is 0 Å². The molecule has 0 aliphatic heterocycles. The highest BCUT2D eigenvalue weighted by atomic mass is 35.5. The number of aromatic nitrogens is 1. The number of carbonyl (C=O) groups is 1. The van der Waals surface area contributed by atoms with E-state index in [4.69, 9.17) is 11.6 Å². The number of halogens is 1. The quantitative estimate of drug-likeness (QED) is 0.852. The fraction of sp³-hybridized carbons (Fsp3) is 0.200. The second-order valence-electron chi connectivity index (χ2n) is 4.20. The molecule has 1 heterocycles. The third-order valence-corrected chi connectivity index (χ3v) is 3.09. The molecule has 0 radical (unpaired) electrons. The number of pyridine rings is 1. The first kappa shape index (κ1) is 13.6. The smallest absolute Gasteiger partial charge is 0.252 e. The monoisotopic (exact) mass is 274 g/mol. The summed E-state index contributed by atoms with van der Waals surface area (Å²) in [7, 11) is 0. The average molecular weight is 275 g/mol. The molecule has 0 fully saturated rings. The third kappa shape index (κ3) is 4.07. The van der Waals surface area contributed by atoms with E-state index in [9.17, 15) is 4.79 Å². The van der Waals surface area contributed by atoms with Gasteiger partial charge in [-0.2, -0.15) is 0 Å². The Balaban J connectivity index is 1.77. The predicted molar refractivity (Wildman–Crippen MR) is 76.3 cm³/mol. The lowest BCUT2D eigenvalue weighted by atomic mass is 10.1. The van der Waals surface area contributed by atoms with E-state index < -0.39 is 0 Å². The van der Waals surface area contributed by atoms with Crippen LogP contribution in [0.25, 0.3) is 0 Å². The van der Waals surface area contributed by atoms with Crippen molar-refractivity contribution in [1.82, 2.24) is 10.3 Å². The topological polar surface area (TPSA) is 42.0 Å². The molecule has 4 heteroatoms. The van der Waals surface area contributed by atoms with Crippen molar-refractivity contribution in [2.75, 3.05) is 6.54 Å². The molecular formula is C15H15ClN2O. The number of hydrogen-bond donors (Lipinski definition) is 1. The molecule has 98 valence electrons. The molecule has 0 atom stereocenters. The first-order valence-corrected chi connectivity index (χ1v) is 6.57. The molecule has 0 spiro atoms. The van der Waals surface area contributed by atoms with Gasteiger partial charge < -0.3 is 5.32 Å². The second-order valence-corrected chi connectivity index (χ2v) is 4.61. The summed E-state index contributed by atoms with van der Waals surface area (Å²) in [6.07, 6.45) is 4.88. The van der Waals surface area contributed by atoms with Gasteiger partial charge in [-0.25, -0.2) is 0 Å².